The number of amides is 3. The number of hydrogen-bond acceptors (Lipinski definition) is 3. The van der Waals surface area contributed by atoms with Crippen LogP contribution in [-0.4, -0.2) is 30.1 Å². The summed E-state index contributed by atoms with van der Waals surface area (Å²) < 4.78 is 5.17. The van der Waals surface area contributed by atoms with Gasteiger partial charge in [-0.25, -0.2) is 9.69 Å². The third-order valence-electron chi connectivity index (χ3n) is 4.43. The van der Waals surface area contributed by atoms with E-state index >= 15 is 0 Å². The molecule has 1 fully saturated rings. The number of fused-ring (bicyclic) bond motifs is 1. The molecule has 1 aliphatic rings. The van der Waals surface area contributed by atoms with Crippen molar-refractivity contribution in [1.82, 2.24) is 10.3 Å². The Hall–Kier alpha value is -3.28. The molecule has 0 bridgehead atoms. The Labute approximate surface area is 144 Å². The van der Waals surface area contributed by atoms with E-state index in [9.17, 15) is 9.59 Å². The molecule has 2 N–H and O–H groups in total. The fourth-order valence-electron chi connectivity index (χ4n) is 3.18. The van der Waals surface area contributed by atoms with Gasteiger partial charge < -0.3 is 15.0 Å². The van der Waals surface area contributed by atoms with Crippen molar-refractivity contribution >= 4 is 28.5 Å². The van der Waals surface area contributed by atoms with Crippen molar-refractivity contribution in [1.29, 1.82) is 0 Å². The van der Waals surface area contributed by atoms with Crippen LogP contribution in [-0.2, 0) is 11.2 Å². The van der Waals surface area contributed by atoms with Crippen LogP contribution in [0, 0.1) is 0 Å². The molecular weight excluding hydrogens is 318 g/mol. The lowest BCUT2D eigenvalue weighted by Gasteiger charge is -2.14. The van der Waals surface area contributed by atoms with Gasteiger partial charge in [-0.15, -0.1) is 0 Å². The standard InChI is InChI=1S/C19H17N3O3/c1-25-14-6-4-5-13(10-14)22-18(23)17(21-19(22)24)9-12-11-20-16-8-3-2-7-15(12)16/h2-8,10-11,17,20H,9H2,1H3,(H,21,24). The molecule has 3 amide bonds. The van der Waals surface area contributed by atoms with Crippen molar-refractivity contribution < 1.29 is 14.3 Å². The monoisotopic (exact) mass is 335 g/mol. The summed E-state index contributed by atoms with van der Waals surface area (Å²) in [6.07, 6.45) is 2.33. The molecule has 1 unspecified atom stereocenters. The van der Waals surface area contributed by atoms with Crippen molar-refractivity contribution in [3.63, 3.8) is 0 Å². The van der Waals surface area contributed by atoms with Crippen LogP contribution in [0.1, 0.15) is 5.56 Å². The van der Waals surface area contributed by atoms with Gasteiger partial charge in [0.1, 0.15) is 11.8 Å². The number of nitrogens with one attached hydrogen (secondary N) is 2. The Morgan fingerprint density at radius 1 is 1.12 bits per heavy atom. The van der Waals surface area contributed by atoms with Gasteiger partial charge in [0.05, 0.1) is 12.8 Å². The highest BCUT2D eigenvalue weighted by atomic mass is 16.5. The number of urea groups is 1. The lowest BCUT2D eigenvalue weighted by Crippen LogP contribution is -2.32. The minimum absolute atomic E-state index is 0.261. The van der Waals surface area contributed by atoms with Crippen LogP contribution in [0.4, 0.5) is 10.5 Å². The first-order valence-corrected chi connectivity index (χ1v) is 8.01. The first kappa shape index (κ1) is 15.3. The Morgan fingerprint density at radius 2 is 1.96 bits per heavy atom. The summed E-state index contributed by atoms with van der Waals surface area (Å²) in [6, 6.07) is 13.8. The third-order valence-corrected chi connectivity index (χ3v) is 4.43. The van der Waals surface area contributed by atoms with Gasteiger partial charge in [-0.2, -0.15) is 0 Å². The van der Waals surface area contributed by atoms with Crippen LogP contribution in [0.25, 0.3) is 10.9 Å². The van der Waals surface area contributed by atoms with E-state index in [4.69, 9.17) is 4.74 Å². The zero-order valence-electron chi connectivity index (χ0n) is 13.7. The first-order chi connectivity index (χ1) is 12.2. The van der Waals surface area contributed by atoms with Gasteiger partial charge in [-0.1, -0.05) is 24.3 Å². The maximum atomic E-state index is 12.8. The highest BCUT2D eigenvalue weighted by Gasteiger charge is 2.39. The normalized spacial score (nSPS) is 17.2. The number of para-hydroxylation sites is 1. The number of hydrogen-bond donors (Lipinski definition) is 2. The largest absolute Gasteiger partial charge is 0.497 e. The van der Waals surface area contributed by atoms with E-state index in [1.165, 1.54) is 4.90 Å². The molecular formula is C19H17N3O3. The van der Waals surface area contributed by atoms with Crippen molar-refractivity contribution in [3.8, 4) is 5.75 Å². The molecule has 1 aromatic heterocycles. The van der Waals surface area contributed by atoms with Gasteiger partial charge in [0.2, 0.25) is 0 Å². The maximum Gasteiger partial charge on any atom is 0.329 e. The molecule has 25 heavy (non-hydrogen) atoms. The minimum Gasteiger partial charge on any atom is -0.497 e. The molecule has 6 heteroatoms. The van der Waals surface area contributed by atoms with E-state index in [0.717, 1.165) is 16.5 Å². The number of aromatic amines is 1. The third kappa shape index (κ3) is 2.61. The molecule has 4 rings (SSSR count). The van der Waals surface area contributed by atoms with Crippen LogP contribution in [0.15, 0.2) is 54.7 Å². The number of imide groups is 1. The average Bonchev–Trinajstić information content (AvgIpc) is 3.16. The Kier molecular flexibility index (Phi) is 3.65. The molecule has 1 saturated heterocycles. The van der Waals surface area contributed by atoms with Crippen LogP contribution >= 0.6 is 0 Å². The van der Waals surface area contributed by atoms with E-state index in [1.807, 2.05) is 30.5 Å². The van der Waals surface area contributed by atoms with Crippen LogP contribution in [0.2, 0.25) is 0 Å². The number of nitrogens with zero attached hydrogens (tertiary/aromatic N) is 1. The second-order valence-corrected chi connectivity index (χ2v) is 5.94. The highest BCUT2D eigenvalue weighted by molar-refractivity contribution is 6.21. The van der Waals surface area contributed by atoms with Crippen molar-refractivity contribution in [2.45, 2.75) is 12.5 Å². The van der Waals surface area contributed by atoms with E-state index < -0.39 is 12.1 Å². The van der Waals surface area contributed by atoms with Gasteiger partial charge >= 0.3 is 6.03 Å². The number of carbonyl (C=O) groups excluding carboxylic acids is 2. The maximum absolute atomic E-state index is 12.8. The quantitative estimate of drug-likeness (QED) is 0.720. The molecule has 3 aromatic rings. The molecule has 0 saturated carbocycles. The second kappa shape index (κ2) is 5.98. The molecule has 6 nitrogen and oxygen atoms in total. The van der Waals surface area contributed by atoms with Crippen molar-refractivity contribution in [3.05, 3.63) is 60.3 Å². The summed E-state index contributed by atoms with van der Waals surface area (Å²) in [5.74, 6) is 0.335. The Morgan fingerprint density at radius 3 is 2.80 bits per heavy atom. The predicted octanol–water partition coefficient (Wildman–Crippen LogP) is 2.84. The summed E-state index contributed by atoms with van der Waals surface area (Å²) in [7, 11) is 1.55. The molecule has 2 heterocycles. The molecule has 126 valence electrons. The van der Waals surface area contributed by atoms with Gasteiger partial charge in [0.15, 0.2) is 0 Å². The van der Waals surface area contributed by atoms with Crippen LogP contribution in [0.5, 0.6) is 5.75 Å². The second-order valence-electron chi connectivity index (χ2n) is 5.94. The topological polar surface area (TPSA) is 74.4 Å². The highest BCUT2D eigenvalue weighted by Crippen LogP contribution is 2.26. The number of anilines is 1. The lowest BCUT2D eigenvalue weighted by molar-refractivity contribution is -0.118. The smallest absolute Gasteiger partial charge is 0.329 e. The zero-order chi connectivity index (χ0) is 17.4. The molecule has 1 atom stereocenters. The van der Waals surface area contributed by atoms with E-state index in [1.54, 1.807) is 31.4 Å². The zero-order valence-corrected chi connectivity index (χ0v) is 13.7. The minimum atomic E-state index is -0.585. The van der Waals surface area contributed by atoms with E-state index in [-0.39, 0.29) is 5.91 Å². The van der Waals surface area contributed by atoms with Crippen molar-refractivity contribution in [2.75, 3.05) is 12.0 Å². The molecule has 1 aliphatic heterocycles. The first-order valence-electron chi connectivity index (χ1n) is 8.01. The molecule has 0 spiro atoms. The predicted molar refractivity (Wildman–Crippen MR) is 94.8 cm³/mol. The van der Waals surface area contributed by atoms with Crippen LogP contribution in [0.3, 0.4) is 0 Å². The average molecular weight is 335 g/mol. The van der Waals surface area contributed by atoms with Gasteiger partial charge in [0.25, 0.3) is 5.91 Å². The Bertz CT molecular complexity index is 963. The number of rotatable bonds is 4. The number of ether oxygens (including phenoxy) is 1. The number of benzene rings is 2. The molecule has 2 aromatic carbocycles. The summed E-state index contributed by atoms with van der Waals surface area (Å²) in [5, 5.41) is 3.84. The molecule has 0 aliphatic carbocycles. The number of aromatic nitrogens is 1. The summed E-state index contributed by atoms with van der Waals surface area (Å²) >= 11 is 0. The summed E-state index contributed by atoms with van der Waals surface area (Å²) in [6.45, 7) is 0. The van der Waals surface area contributed by atoms with Crippen LogP contribution < -0.4 is 15.0 Å². The summed E-state index contributed by atoms with van der Waals surface area (Å²) in [5.41, 5.74) is 2.52. The van der Waals surface area contributed by atoms with Gasteiger partial charge in [-0.05, 0) is 23.8 Å². The van der Waals surface area contributed by atoms with E-state index in [2.05, 4.69) is 10.3 Å². The number of H-pyrrole nitrogens is 1. The Balaban J connectivity index is 1.60. The lowest BCUT2D eigenvalue weighted by atomic mass is 10.0. The van der Waals surface area contributed by atoms with E-state index in [0.29, 0.717) is 17.9 Å². The van der Waals surface area contributed by atoms with Gasteiger partial charge in [0, 0.05) is 29.6 Å². The van der Waals surface area contributed by atoms with Gasteiger partial charge in [-0.3, -0.25) is 4.79 Å². The summed E-state index contributed by atoms with van der Waals surface area (Å²) in [4.78, 5) is 29.5. The van der Waals surface area contributed by atoms with Crippen molar-refractivity contribution in [2.24, 2.45) is 0 Å². The number of carbonyl (C=O) groups is 2. The number of methoxy groups -OCH3 is 1. The molecule has 0 radical (unpaired) electrons. The fourth-order valence-corrected chi connectivity index (χ4v) is 3.18. The SMILES string of the molecule is COc1cccc(N2C(=O)NC(Cc3c[nH]c4ccccc34)C2=O)c1. The fraction of sp³-hybridized carbons (Fsp3) is 0.158.